The van der Waals surface area contributed by atoms with Crippen LogP contribution in [0.15, 0.2) is 24.3 Å². The van der Waals surface area contributed by atoms with Gasteiger partial charge in [0.1, 0.15) is 0 Å². The summed E-state index contributed by atoms with van der Waals surface area (Å²) in [5.74, 6) is 0. The first kappa shape index (κ1) is 12.1. The van der Waals surface area contributed by atoms with Crippen LogP contribution in [0.2, 0.25) is 0 Å². The van der Waals surface area contributed by atoms with Crippen LogP contribution in [0.25, 0.3) is 0 Å². The van der Waals surface area contributed by atoms with Gasteiger partial charge in [0.25, 0.3) is 0 Å². The maximum absolute atomic E-state index is 9.12. The van der Waals surface area contributed by atoms with E-state index in [4.69, 9.17) is 5.11 Å². The van der Waals surface area contributed by atoms with Gasteiger partial charge in [-0.25, -0.2) is 0 Å². The summed E-state index contributed by atoms with van der Waals surface area (Å²) >= 11 is 0. The Hall–Kier alpha value is -1.02. The summed E-state index contributed by atoms with van der Waals surface area (Å²) in [7, 11) is 0. The minimum absolute atomic E-state index is 0.301. The normalized spacial score (nSPS) is 12.5. The topological polar surface area (TPSA) is 32.3 Å². The average Bonchev–Trinajstić information content (AvgIpc) is 2.25. The lowest BCUT2D eigenvalue weighted by Crippen LogP contribution is -2.15. The summed E-state index contributed by atoms with van der Waals surface area (Å²) in [6.07, 6.45) is 3.35. The van der Waals surface area contributed by atoms with Crippen molar-refractivity contribution < 1.29 is 5.11 Å². The van der Waals surface area contributed by atoms with Crippen LogP contribution in [0.1, 0.15) is 32.3 Å². The highest BCUT2D eigenvalue weighted by molar-refractivity contribution is 5.44. The molecular formula is C13H21NO. The molecule has 1 rings (SSSR count). The van der Waals surface area contributed by atoms with Crippen LogP contribution in [0, 0.1) is 0 Å². The summed E-state index contributed by atoms with van der Waals surface area (Å²) in [4.78, 5) is 0. The Labute approximate surface area is 92.3 Å². The number of nitrogens with one attached hydrogen (secondary N) is 1. The van der Waals surface area contributed by atoms with Crippen molar-refractivity contribution in [2.24, 2.45) is 0 Å². The predicted octanol–water partition coefficient (Wildman–Crippen LogP) is 2.82. The summed E-state index contributed by atoms with van der Waals surface area (Å²) in [6, 6.07) is 8.46. The third kappa shape index (κ3) is 4.84. The summed E-state index contributed by atoms with van der Waals surface area (Å²) < 4.78 is 0. The van der Waals surface area contributed by atoms with E-state index in [0.29, 0.717) is 6.54 Å². The van der Waals surface area contributed by atoms with Crippen LogP contribution in [0.4, 0.5) is 5.69 Å². The lowest BCUT2D eigenvalue weighted by atomic mass is 10.1. The van der Waals surface area contributed by atoms with Gasteiger partial charge in [-0.2, -0.15) is 0 Å². The molecule has 0 amide bonds. The molecular weight excluding hydrogens is 186 g/mol. The zero-order valence-electron chi connectivity index (χ0n) is 9.66. The SMILES string of the molecule is CCCCc1ccc(NCC(C)O)cc1. The Morgan fingerprint density at radius 1 is 1.27 bits per heavy atom. The molecule has 0 aliphatic heterocycles. The highest BCUT2D eigenvalue weighted by Crippen LogP contribution is 2.11. The molecule has 15 heavy (non-hydrogen) atoms. The van der Waals surface area contributed by atoms with E-state index < -0.39 is 0 Å². The van der Waals surface area contributed by atoms with Gasteiger partial charge in [0, 0.05) is 12.2 Å². The van der Waals surface area contributed by atoms with E-state index in [9.17, 15) is 0 Å². The van der Waals surface area contributed by atoms with Crippen LogP contribution in [-0.4, -0.2) is 17.8 Å². The molecule has 0 aliphatic carbocycles. The lowest BCUT2D eigenvalue weighted by Gasteiger charge is -2.08. The number of hydrogen-bond donors (Lipinski definition) is 2. The third-order valence-electron chi connectivity index (χ3n) is 2.37. The van der Waals surface area contributed by atoms with Crippen LogP contribution in [0.5, 0.6) is 0 Å². The van der Waals surface area contributed by atoms with E-state index in [1.165, 1.54) is 18.4 Å². The highest BCUT2D eigenvalue weighted by Gasteiger charge is 1.96. The maximum Gasteiger partial charge on any atom is 0.0684 e. The van der Waals surface area contributed by atoms with Crippen LogP contribution >= 0.6 is 0 Å². The van der Waals surface area contributed by atoms with Gasteiger partial charge in [-0.1, -0.05) is 25.5 Å². The van der Waals surface area contributed by atoms with Crippen molar-refractivity contribution in [3.63, 3.8) is 0 Å². The standard InChI is InChI=1S/C13H21NO/c1-3-4-5-12-6-8-13(9-7-12)14-10-11(2)15/h6-9,11,14-15H,3-5,10H2,1-2H3. The molecule has 0 fully saturated rings. The number of anilines is 1. The minimum Gasteiger partial charge on any atom is -0.392 e. The maximum atomic E-state index is 9.12. The Morgan fingerprint density at radius 3 is 2.47 bits per heavy atom. The molecule has 1 unspecified atom stereocenters. The molecule has 2 N–H and O–H groups in total. The monoisotopic (exact) mass is 207 g/mol. The second kappa shape index (κ2) is 6.46. The summed E-state index contributed by atoms with van der Waals surface area (Å²) in [5, 5.41) is 12.3. The average molecular weight is 207 g/mol. The highest BCUT2D eigenvalue weighted by atomic mass is 16.3. The molecule has 0 radical (unpaired) electrons. The largest absolute Gasteiger partial charge is 0.392 e. The van der Waals surface area contributed by atoms with Crippen molar-refractivity contribution in [3.05, 3.63) is 29.8 Å². The molecule has 0 spiro atoms. The lowest BCUT2D eigenvalue weighted by molar-refractivity contribution is 0.208. The number of unbranched alkanes of at least 4 members (excludes halogenated alkanes) is 1. The number of hydrogen-bond acceptors (Lipinski definition) is 2. The zero-order valence-corrected chi connectivity index (χ0v) is 9.66. The van der Waals surface area contributed by atoms with Gasteiger partial charge in [-0.15, -0.1) is 0 Å². The van der Waals surface area contributed by atoms with E-state index in [0.717, 1.165) is 12.1 Å². The zero-order chi connectivity index (χ0) is 11.1. The first-order valence-electron chi connectivity index (χ1n) is 5.73. The van der Waals surface area contributed by atoms with E-state index in [2.05, 4.69) is 36.5 Å². The van der Waals surface area contributed by atoms with Crippen molar-refractivity contribution in [1.82, 2.24) is 0 Å². The van der Waals surface area contributed by atoms with Gasteiger partial charge in [0.2, 0.25) is 0 Å². The van der Waals surface area contributed by atoms with Gasteiger partial charge in [0.05, 0.1) is 6.10 Å². The number of rotatable bonds is 6. The van der Waals surface area contributed by atoms with Crippen molar-refractivity contribution in [3.8, 4) is 0 Å². The number of aliphatic hydroxyl groups is 1. The second-order valence-electron chi connectivity index (χ2n) is 4.03. The molecule has 2 heteroatoms. The third-order valence-corrected chi connectivity index (χ3v) is 2.37. The molecule has 1 aromatic carbocycles. The van der Waals surface area contributed by atoms with Crippen molar-refractivity contribution in [2.75, 3.05) is 11.9 Å². The van der Waals surface area contributed by atoms with Gasteiger partial charge in [-0.05, 0) is 37.5 Å². The van der Waals surface area contributed by atoms with Gasteiger partial charge in [0.15, 0.2) is 0 Å². The Bertz CT molecular complexity index is 266. The molecule has 0 saturated heterocycles. The fourth-order valence-electron chi connectivity index (χ4n) is 1.44. The molecule has 0 aliphatic rings. The summed E-state index contributed by atoms with van der Waals surface area (Å²) in [5.41, 5.74) is 2.47. The quantitative estimate of drug-likeness (QED) is 0.751. The molecule has 84 valence electrons. The van der Waals surface area contributed by atoms with Crippen molar-refractivity contribution in [1.29, 1.82) is 0 Å². The predicted molar refractivity (Wildman–Crippen MR) is 65.2 cm³/mol. The molecule has 0 saturated carbocycles. The number of aryl methyl sites for hydroxylation is 1. The van der Waals surface area contributed by atoms with Crippen molar-refractivity contribution >= 4 is 5.69 Å². The van der Waals surface area contributed by atoms with E-state index in [-0.39, 0.29) is 6.10 Å². The molecule has 2 nitrogen and oxygen atoms in total. The number of benzene rings is 1. The van der Waals surface area contributed by atoms with Gasteiger partial charge >= 0.3 is 0 Å². The molecule has 0 heterocycles. The van der Waals surface area contributed by atoms with Crippen LogP contribution < -0.4 is 5.32 Å². The molecule has 1 atom stereocenters. The van der Waals surface area contributed by atoms with Gasteiger partial charge in [-0.3, -0.25) is 0 Å². The minimum atomic E-state index is -0.301. The number of aliphatic hydroxyl groups excluding tert-OH is 1. The Kier molecular flexibility index (Phi) is 5.19. The van der Waals surface area contributed by atoms with Gasteiger partial charge < -0.3 is 10.4 Å². The Balaban J connectivity index is 2.41. The fraction of sp³-hybridized carbons (Fsp3) is 0.538. The first-order chi connectivity index (χ1) is 7.22. The fourth-order valence-corrected chi connectivity index (χ4v) is 1.44. The molecule has 1 aromatic rings. The first-order valence-corrected chi connectivity index (χ1v) is 5.73. The Morgan fingerprint density at radius 2 is 1.93 bits per heavy atom. The summed E-state index contributed by atoms with van der Waals surface area (Å²) in [6.45, 7) is 4.59. The van der Waals surface area contributed by atoms with Crippen LogP contribution in [0.3, 0.4) is 0 Å². The van der Waals surface area contributed by atoms with E-state index >= 15 is 0 Å². The van der Waals surface area contributed by atoms with E-state index in [1.807, 2.05) is 0 Å². The van der Waals surface area contributed by atoms with Crippen LogP contribution in [-0.2, 0) is 6.42 Å². The second-order valence-corrected chi connectivity index (χ2v) is 4.03. The molecule has 0 bridgehead atoms. The van der Waals surface area contributed by atoms with Crippen molar-refractivity contribution in [2.45, 2.75) is 39.2 Å². The smallest absolute Gasteiger partial charge is 0.0684 e. The molecule has 0 aromatic heterocycles. The van der Waals surface area contributed by atoms with E-state index in [1.54, 1.807) is 6.92 Å².